The highest BCUT2D eigenvalue weighted by molar-refractivity contribution is 6.30. The number of aromatic nitrogens is 3. The van der Waals surface area contributed by atoms with E-state index in [2.05, 4.69) is 43.1 Å². The number of fused-ring (bicyclic) bond motifs is 1. The Morgan fingerprint density at radius 3 is 2.48 bits per heavy atom. The maximum atomic E-state index is 6.13. The van der Waals surface area contributed by atoms with Gasteiger partial charge in [0.2, 0.25) is 0 Å². The monoisotopic (exact) mass is 457 g/mol. The van der Waals surface area contributed by atoms with Crippen molar-refractivity contribution < 1.29 is 4.42 Å². The molecule has 0 unspecified atom stereocenters. The average Bonchev–Trinajstić information content (AvgIpc) is 3.49. The van der Waals surface area contributed by atoms with Crippen LogP contribution >= 0.6 is 11.6 Å². The van der Waals surface area contributed by atoms with Crippen molar-refractivity contribution in [3.8, 4) is 16.8 Å². The molecule has 0 saturated carbocycles. The van der Waals surface area contributed by atoms with Crippen molar-refractivity contribution in [1.29, 1.82) is 0 Å². The fraction of sp³-hybridized carbons (Fsp3) is 0.154. The van der Waals surface area contributed by atoms with Crippen LogP contribution in [0.4, 0.5) is 5.82 Å². The number of rotatable bonds is 7. The van der Waals surface area contributed by atoms with E-state index >= 15 is 0 Å². The molecule has 6 nitrogen and oxygen atoms in total. The highest BCUT2D eigenvalue weighted by atomic mass is 35.5. The zero-order chi connectivity index (χ0) is 22.8. The van der Waals surface area contributed by atoms with Crippen molar-refractivity contribution in [3.63, 3.8) is 0 Å². The van der Waals surface area contributed by atoms with Gasteiger partial charge in [0.05, 0.1) is 17.7 Å². The van der Waals surface area contributed by atoms with Gasteiger partial charge in [-0.25, -0.2) is 9.97 Å². The molecule has 3 aromatic heterocycles. The van der Waals surface area contributed by atoms with Crippen LogP contribution in [0.15, 0.2) is 89.9 Å². The van der Waals surface area contributed by atoms with Crippen molar-refractivity contribution in [1.82, 2.24) is 19.4 Å². The summed E-state index contributed by atoms with van der Waals surface area (Å²) in [6, 6.07) is 22.0. The minimum absolute atomic E-state index is 0.0588. The topological polar surface area (TPSA) is 59.1 Å². The summed E-state index contributed by atoms with van der Waals surface area (Å²) < 4.78 is 7.75. The van der Waals surface area contributed by atoms with Crippen LogP contribution in [0.2, 0.25) is 5.02 Å². The molecule has 0 aliphatic rings. The van der Waals surface area contributed by atoms with E-state index in [4.69, 9.17) is 16.0 Å². The summed E-state index contributed by atoms with van der Waals surface area (Å²) in [4.78, 5) is 11.4. The fourth-order valence-corrected chi connectivity index (χ4v) is 4.17. The first-order valence-electron chi connectivity index (χ1n) is 10.7. The van der Waals surface area contributed by atoms with Gasteiger partial charge in [-0.3, -0.25) is 4.90 Å². The maximum Gasteiger partial charge on any atom is 0.150 e. The molecule has 7 heteroatoms. The summed E-state index contributed by atoms with van der Waals surface area (Å²) in [5.41, 5.74) is 3.97. The zero-order valence-electron chi connectivity index (χ0n) is 18.4. The number of nitrogens with one attached hydrogen (secondary N) is 1. The third-order valence-corrected chi connectivity index (χ3v) is 5.98. The average molecular weight is 458 g/mol. The first-order valence-corrected chi connectivity index (χ1v) is 11.1. The van der Waals surface area contributed by atoms with Crippen LogP contribution in [0.5, 0.6) is 0 Å². The van der Waals surface area contributed by atoms with E-state index in [1.165, 1.54) is 0 Å². The molecule has 1 atom stereocenters. The molecule has 5 aromatic rings. The molecule has 0 radical (unpaired) electrons. The van der Waals surface area contributed by atoms with Gasteiger partial charge in [-0.2, -0.15) is 0 Å². The summed E-state index contributed by atoms with van der Waals surface area (Å²) in [7, 11) is 4.08. The molecule has 0 amide bonds. The van der Waals surface area contributed by atoms with E-state index in [-0.39, 0.29) is 6.04 Å². The smallest absolute Gasteiger partial charge is 0.150 e. The van der Waals surface area contributed by atoms with E-state index in [1.807, 2.05) is 68.7 Å². The van der Waals surface area contributed by atoms with Crippen molar-refractivity contribution in [3.05, 3.63) is 96.3 Å². The molecule has 5 rings (SSSR count). The Morgan fingerprint density at radius 1 is 1.00 bits per heavy atom. The number of furan rings is 1. The number of halogens is 1. The van der Waals surface area contributed by atoms with Gasteiger partial charge in [-0.05, 0) is 56.1 Å². The van der Waals surface area contributed by atoms with Crippen LogP contribution in [-0.2, 0) is 0 Å². The summed E-state index contributed by atoms with van der Waals surface area (Å²) in [6.07, 6.45) is 5.41. The van der Waals surface area contributed by atoms with E-state index in [0.717, 1.165) is 39.4 Å². The molecular formula is C26H24ClN5O. The van der Waals surface area contributed by atoms with Crippen LogP contribution in [0.3, 0.4) is 0 Å². The first-order chi connectivity index (χ1) is 16.1. The van der Waals surface area contributed by atoms with E-state index < -0.39 is 0 Å². The van der Waals surface area contributed by atoms with Crippen molar-refractivity contribution in [2.24, 2.45) is 0 Å². The van der Waals surface area contributed by atoms with Crippen LogP contribution in [-0.4, -0.2) is 40.1 Å². The molecule has 3 heterocycles. The molecule has 0 aliphatic carbocycles. The number of benzene rings is 2. The largest absolute Gasteiger partial charge is 0.468 e. The lowest BCUT2D eigenvalue weighted by molar-refractivity contribution is 0.269. The van der Waals surface area contributed by atoms with Gasteiger partial charge in [-0.1, -0.05) is 41.9 Å². The van der Waals surface area contributed by atoms with Gasteiger partial charge in [0.25, 0.3) is 0 Å². The van der Waals surface area contributed by atoms with Crippen molar-refractivity contribution in [2.75, 3.05) is 26.0 Å². The van der Waals surface area contributed by atoms with Gasteiger partial charge in [-0.15, -0.1) is 0 Å². The SMILES string of the molecule is CN(C)[C@@H](CNc1ncnc2c1c(-c1ccccc1)cn2-c1ccc(Cl)cc1)c1ccco1. The summed E-state index contributed by atoms with van der Waals surface area (Å²) in [6.45, 7) is 0.632. The number of hydrogen-bond donors (Lipinski definition) is 1. The van der Waals surface area contributed by atoms with E-state index in [9.17, 15) is 0 Å². The lowest BCUT2D eigenvalue weighted by Crippen LogP contribution is -2.26. The molecule has 0 fully saturated rings. The lowest BCUT2D eigenvalue weighted by Gasteiger charge is -2.23. The molecule has 1 N–H and O–H groups in total. The minimum atomic E-state index is 0.0588. The van der Waals surface area contributed by atoms with Crippen molar-refractivity contribution in [2.45, 2.75) is 6.04 Å². The number of hydrogen-bond acceptors (Lipinski definition) is 5. The molecule has 33 heavy (non-hydrogen) atoms. The lowest BCUT2D eigenvalue weighted by atomic mass is 10.1. The van der Waals surface area contributed by atoms with E-state index in [0.29, 0.717) is 11.6 Å². The maximum absolute atomic E-state index is 6.13. The Kier molecular flexibility index (Phi) is 5.86. The van der Waals surface area contributed by atoms with Gasteiger partial charge >= 0.3 is 0 Å². The third kappa shape index (κ3) is 4.23. The summed E-state index contributed by atoms with van der Waals surface area (Å²) in [5, 5.41) is 5.22. The zero-order valence-corrected chi connectivity index (χ0v) is 19.2. The Balaban J connectivity index is 1.61. The second-order valence-corrected chi connectivity index (χ2v) is 8.49. The quantitative estimate of drug-likeness (QED) is 0.322. The van der Waals surface area contributed by atoms with Crippen LogP contribution in [0.25, 0.3) is 27.8 Å². The van der Waals surface area contributed by atoms with E-state index in [1.54, 1.807) is 12.6 Å². The van der Waals surface area contributed by atoms with Gasteiger partial charge in [0, 0.05) is 29.0 Å². The molecule has 166 valence electrons. The Bertz CT molecular complexity index is 1350. The summed E-state index contributed by atoms with van der Waals surface area (Å²) >= 11 is 6.13. The highest BCUT2D eigenvalue weighted by Gasteiger charge is 2.20. The second kappa shape index (κ2) is 9.10. The predicted molar refractivity (Wildman–Crippen MR) is 133 cm³/mol. The normalized spacial score (nSPS) is 12.4. The highest BCUT2D eigenvalue weighted by Crippen LogP contribution is 2.35. The minimum Gasteiger partial charge on any atom is -0.468 e. The van der Waals surface area contributed by atoms with Crippen LogP contribution in [0, 0.1) is 0 Å². The molecule has 0 bridgehead atoms. The Labute approximate surface area is 197 Å². The Hall–Kier alpha value is -3.61. The van der Waals surface area contributed by atoms with Gasteiger partial charge in [0.15, 0.2) is 5.65 Å². The fourth-order valence-electron chi connectivity index (χ4n) is 4.04. The van der Waals surface area contributed by atoms with Gasteiger partial charge < -0.3 is 14.3 Å². The second-order valence-electron chi connectivity index (χ2n) is 8.05. The van der Waals surface area contributed by atoms with Crippen LogP contribution in [0.1, 0.15) is 11.8 Å². The number of nitrogens with zero attached hydrogens (tertiary/aromatic N) is 4. The molecule has 2 aromatic carbocycles. The molecule has 0 aliphatic heterocycles. The Morgan fingerprint density at radius 2 is 1.79 bits per heavy atom. The first kappa shape index (κ1) is 21.2. The third-order valence-electron chi connectivity index (χ3n) is 5.73. The van der Waals surface area contributed by atoms with Crippen molar-refractivity contribution >= 4 is 28.5 Å². The molecule has 0 saturated heterocycles. The predicted octanol–water partition coefficient (Wildman–Crippen LogP) is 6.05. The van der Waals surface area contributed by atoms with Crippen LogP contribution < -0.4 is 5.32 Å². The molecular weight excluding hydrogens is 434 g/mol. The molecule has 0 spiro atoms. The van der Waals surface area contributed by atoms with Gasteiger partial charge in [0.1, 0.15) is 17.9 Å². The standard InChI is InChI=1S/C26H24ClN5O/c1-31(2)22(23-9-6-14-33-23)15-28-25-24-21(18-7-4-3-5-8-18)16-32(26(24)30-17-29-25)20-12-10-19(27)11-13-20/h3-14,16-17,22H,15H2,1-2H3,(H,28,29,30)/t22-/m0/s1. The number of likely N-dealkylation sites (N-methyl/N-ethyl adjacent to an activating group) is 1. The summed E-state index contributed by atoms with van der Waals surface area (Å²) in [5.74, 6) is 1.68. The number of anilines is 1.